The molecule has 1 fully saturated rings. The van der Waals surface area contributed by atoms with Gasteiger partial charge in [-0.05, 0) is 41.8 Å². The van der Waals surface area contributed by atoms with E-state index in [1.807, 2.05) is 76.1 Å². The number of carbonyl (C=O) groups is 1. The molecule has 1 saturated heterocycles. The summed E-state index contributed by atoms with van der Waals surface area (Å²) in [4.78, 5) is 21.4. The molecule has 3 aromatic rings. The van der Waals surface area contributed by atoms with E-state index in [0.717, 1.165) is 36.3 Å². The molecule has 0 aliphatic carbocycles. The molecule has 0 bridgehead atoms. The van der Waals surface area contributed by atoms with Crippen LogP contribution in [0.25, 0.3) is 0 Å². The van der Waals surface area contributed by atoms with Crippen LogP contribution in [0.15, 0.2) is 61.1 Å². The Bertz CT molecular complexity index is 1020. The van der Waals surface area contributed by atoms with Crippen molar-refractivity contribution >= 4 is 29.2 Å². The topological polar surface area (TPSA) is 53.4 Å². The van der Waals surface area contributed by atoms with Crippen molar-refractivity contribution in [3.05, 3.63) is 87.9 Å². The molecule has 32 heavy (non-hydrogen) atoms. The molecular formula is C24H27Cl2N5O. The van der Waals surface area contributed by atoms with Gasteiger partial charge in [-0.2, -0.15) is 0 Å². The number of carbonyl (C=O) groups excluding carboxylic acids is 1. The largest absolute Gasteiger partial charge is 0.337 e. The maximum atomic E-state index is 13.5. The van der Waals surface area contributed by atoms with Gasteiger partial charge in [-0.15, -0.1) is 0 Å². The first kappa shape index (κ1) is 22.6. The second kappa shape index (κ2) is 10.4. The quantitative estimate of drug-likeness (QED) is 0.542. The normalized spacial score (nSPS) is 15.8. The van der Waals surface area contributed by atoms with Crippen LogP contribution in [0, 0.1) is 0 Å². The second-order valence-electron chi connectivity index (χ2n) is 8.21. The van der Waals surface area contributed by atoms with E-state index in [9.17, 15) is 4.79 Å². The molecule has 1 aliphatic heterocycles. The molecule has 0 radical (unpaired) electrons. The maximum Gasteiger partial charge on any atom is 0.320 e. The Kier molecular flexibility index (Phi) is 7.35. The zero-order valence-corrected chi connectivity index (χ0v) is 19.6. The molecule has 1 aromatic heterocycles. The number of likely N-dealkylation sites (tertiary alicyclic amines) is 1. The summed E-state index contributed by atoms with van der Waals surface area (Å²) in [6.07, 6.45) is 4.58. The highest BCUT2D eigenvalue weighted by atomic mass is 35.5. The lowest BCUT2D eigenvalue weighted by molar-refractivity contribution is 0.156. The minimum absolute atomic E-state index is 0.0229. The first-order valence-electron chi connectivity index (χ1n) is 10.7. The third-order valence-electron chi connectivity index (χ3n) is 5.74. The van der Waals surface area contributed by atoms with E-state index >= 15 is 0 Å². The van der Waals surface area contributed by atoms with Gasteiger partial charge < -0.3 is 19.7 Å². The van der Waals surface area contributed by atoms with Gasteiger partial charge in [0.2, 0.25) is 0 Å². The minimum Gasteiger partial charge on any atom is -0.337 e. The molecule has 1 aliphatic rings. The first-order chi connectivity index (χ1) is 15.5. The van der Waals surface area contributed by atoms with Crippen LogP contribution in [-0.4, -0.2) is 44.5 Å². The number of hydrogen-bond acceptors (Lipinski definition) is 3. The third kappa shape index (κ3) is 5.82. The van der Waals surface area contributed by atoms with E-state index in [2.05, 4.69) is 10.3 Å². The summed E-state index contributed by atoms with van der Waals surface area (Å²) in [6, 6.07) is 15.6. The predicted molar refractivity (Wildman–Crippen MR) is 128 cm³/mol. The number of halogens is 2. The van der Waals surface area contributed by atoms with Gasteiger partial charge in [-0.3, -0.25) is 0 Å². The number of imidazole rings is 1. The average molecular weight is 472 g/mol. The zero-order chi connectivity index (χ0) is 22.5. The fourth-order valence-corrected chi connectivity index (χ4v) is 4.43. The van der Waals surface area contributed by atoms with Crippen LogP contribution in [0.4, 0.5) is 4.79 Å². The summed E-state index contributed by atoms with van der Waals surface area (Å²) in [5.41, 5.74) is 3.12. The summed E-state index contributed by atoms with van der Waals surface area (Å²) in [5, 5.41) is 4.88. The Morgan fingerprint density at radius 1 is 1.12 bits per heavy atom. The molecule has 2 aromatic carbocycles. The molecule has 4 rings (SSSR count). The van der Waals surface area contributed by atoms with E-state index in [4.69, 9.17) is 23.2 Å². The van der Waals surface area contributed by atoms with Crippen molar-refractivity contribution in [2.75, 3.05) is 13.1 Å². The number of nitrogens with one attached hydrogen (secondary N) is 1. The van der Waals surface area contributed by atoms with Gasteiger partial charge in [0.05, 0.1) is 12.0 Å². The number of urea groups is 1. The van der Waals surface area contributed by atoms with E-state index in [1.54, 1.807) is 6.33 Å². The average Bonchev–Trinajstić information content (AvgIpc) is 3.40. The van der Waals surface area contributed by atoms with Crippen molar-refractivity contribution in [3.8, 4) is 0 Å². The lowest BCUT2D eigenvalue weighted by Gasteiger charge is -2.29. The summed E-state index contributed by atoms with van der Waals surface area (Å²) < 4.78 is 2.00. The first-order valence-corrected chi connectivity index (χ1v) is 11.4. The van der Waals surface area contributed by atoms with Gasteiger partial charge in [-0.25, -0.2) is 9.78 Å². The number of rotatable bonds is 7. The monoisotopic (exact) mass is 471 g/mol. The molecule has 168 valence electrons. The fraction of sp³-hybridized carbons (Fsp3) is 0.333. The number of hydrogen-bond donors (Lipinski definition) is 1. The van der Waals surface area contributed by atoms with Crippen molar-refractivity contribution in [3.63, 3.8) is 0 Å². The van der Waals surface area contributed by atoms with Crippen LogP contribution in [-0.2, 0) is 26.7 Å². The number of amides is 2. The standard InChI is InChI=1S/C24H27Cl2N5O/c1-29-17-27-12-23(29)13-28-22-8-9-30(16-22)24(32)31(14-18-4-2-6-20(25)10-18)15-19-5-3-7-21(26)11-19/h2-7,10-12,17,22,28H,8-9,13-16H2,1H3/t22-/m1/s1. The van der Waals surface area contributed by atoms with E-state index in [0.29, 0.717) is 29.7 Å². The van der Waals surface area contributed by atoms with E-state index in [1.165, 1.54) is 0 Å². The number of benzene rings is 2. The van der Waals surface area contributed by atoms with Crippen LogP contribution in [0.3, 0.4) is 0 Å². The lowest BCUT2D eigenvalue weighted by Crippen LogP contribution is -2.43. The van der Waals surface area contributed by atoms with Gasteiger partial charge in [0.15, 0.2) is 0 Å². The molecule has 8 heteroatoms. The van der Waals surface area contributed by atoms with Crippen molar-refractivity contribution < 1.29 is 4.79 Å². The lowest BCUT2D eigenvalue weighted by atomic mass is 10.1. The van der Waals surface area contributed by atoms with Crippen LogP contribution < -0.4 is 5.32 Å². The second-order valence-corrected chi connectivity index (χ2v) is 9.08. The number of nitrogens with zero attached hydrogens (tertiary/aromatic N) is 4. The van der Waals surface area contributed by atoms with Gasteiger partial charge in [-0.1, -0.05) is 47.5 Å². The van der Waals surface area contributed by atoms with Crippen molar-refractivity contribution in [2.45, 2.75) is 32.1 Å². The SMILES string of the molecule is Cn1cncc1CN[C@@H]1CCN(C(=O)N(Cc2cccc(Cl)c2)Cc2cccc(Cl)c2)C1. The molecule has 6 nitrogen and oxygen atoms in total. The third-order valence-corrected chi connectivity index (χ3v) is 6.21. The Labute approximate surface area is 198 Å². The van der Waals surface area contributed by atoms with Gasteiger partial charge in [0, 0.05) is 62.1 Å². The minimum atomic E-state index is 0.0229. The van der Waals surface area contributed by atoms with Gasteiger partial charge >= 0.3 is 6.03 Å². The van der Waals surface area contributed by atoms with Crippen LogP contribution in [0.5, 0.6) is 0 Å². The molecule has 1 N–H and O–H groups in total. The summed E-state index contributed by atoms with van der Waals surface area (Å²) in [6.45, 7) is 3.10. The Hall–Kier alpha value is -2.54. The van der Waals surface area contributed by atoms with Crippen molar-refractivity contribution in [2.24, 2.45) is 7.05 Å². The molecule has 2 amide bonds. The van der Waals surface area contributed by atoms with Gasteiger partial charge in [0.25, 0.3) is 0 Å². The molecule has 0 unspecified atom stereocenters. The highest BCUT2D eigenvalue weighted by molar-refractivity contribution is 6.30. The number of aryl methyl sites for hydroxylation is 1. The van der Waals surface area contributed by atoms with Gasteiger partial charge in [0.1, 0.15) is 0 Å². The van der Waals surface area contributed by atoms with Crippen molar-refractivity contribution in [1.29, 1.82) is 0 Å². The summed E-state index contributed by atoms with van der Waals surface area (Å²) in [7, 11) is 1.98. The molecule has 0 spiro atoms. The zero-order valence-electron chi connectivity index (χ0n) is 18.0. The molecule has 0 saturated carbocycles. The number of aromatic nitrogens is 2. The predicted octanol–water partition coefficient (Wildman–Crippen LogP) is 4.71. The maximum absolute atomic E-state index is 13.5. The summed E-state index contributed by atoms with van der Waals surface area (Å²) >= 11 is 12.4. The van der Waals surface area contributed by atoms with E-state index < -0.39 is 0 Å². The van der Waals surface area contributed by atoms with E-state index in [-0.39, 0.29) is 12.1 Å². The summed E-state index contributed by atoms with van der Waals surface area (Å²) in [5.74, 6) is 0. The van der Waals surface area contributed by atoms with Crippen LogP contribution >= 0.6 is 23.2 Å². The molecule has 1 atom stereocenters. The molecule has 2 heterocycles. The Balaban J connectivity index is 1.43. The van der Waals surface area contributed by atoms with Crippen LogP contribution in [0.2, 0.25) is 10.0 Å². The highest BCUT2D eigenvalue weighted by Crippen LogP contribution is 2.20. The smallest absolute Gasteiger partial charge is 0.320 e. The molecular weight excluding hydrogens is 445 g/mol. The van der Waals surface area contributed by atoms with Crippen LogP contribution in [0.1, 0.15) is 23.2 Å². The fourth-order valence-electron chi connectivity index (χ4n) is 4.01. The van der Waals surface area contributed by atoms with Crippen molar-refractivity contribution in [1.82, 2.24) is 24.7 Å². The highest BCUT2D eigenvalue weighted by Gasteiger charge is 2.29. The Morgan fingerprint density at radius 3 is 2.34 bits per heavy atom. The Morgan fingerprint density at radius 2 is 1.78 bits per heavy atom.